The van der Waals surface area contributed by atoms with Crippen molar-refractivity contribution in [1.29, 1.82) is 0 Å². The quantitative estimate of drug-likeness (QED) is 0.438. The summed E-state index contributed by atoms with van der Waals surface area (Å²) >= 11 is 0. The lowest BCUT2D eigenvalue weighted by atomic mass is 10.1. The monoisotopic (exact) mass is 395 g/mol. The molecule has 4 rings (SSSR count). The lowest BCUT2D eigenvalue weighted by Crippen LogP contribution is -2.38. The first-order valence-electron chi connectivity index (χ1n) is 9.86. The SMILES string of the molecule is CCNC(=O)Nc1ccc(Oc2ccnc3[nH]nc(NC4CCCNC4)c23)cc1. The fourth-order valence-electron chi connectivity index (χ4n) is 3.35. The van der Waals surface area contributed by atoms with Gasteiger partial charge in [-0.15, -0.1) is 0 Å². The maximum Gasteiger partial charge on any atom is 0.319 e. The van der Waals surface area contributed by atoms with Gasteiger partial charge >= 0.3 is 6.03 Å². The van der Waals surface area contributed by atoms with Gasteiger partial charge in [-0.05, 0) is 50.6 Å². The van der Waals surface area contributed by atoms with E-state index in [-0.39, 0.29) is 6.03 Å². The molecular weight excluding hydrogens is 370 g/mol. The van der Waals surface area contributed by atoms with Crippen LogP contribution in [0.2, 0.25) is 0 Å². The molecule has 0 radical (unpaired) electrons. The van der Waals surface area contributed by atoms with E-state index < -0.39 is 0 Å². The molecule has 0 bridgehead atoms. The highest BCUT2D eigenvalue weighted by atomic mass is 16.5. The van der Waals surface area contributed by atoms with Gasteiger partial charge in [0.1, 0.15) is 16.9 Å². The molecule has 9 nitrogen and oxygen atoms in total. The minimum Gasteiger partial charge on any atom is -0.456 e. The number of ether oxygens (including phenoxy) is 1. The Balaban J connectivity index is 1.51. The van der Waals surface area contributed by atoms with E-state index in [0.29, 0.717) is 35.4 Å². The lowest BCUT2D eigenvalue weighted by molar-refractivity contribution is 0.252. The second kappa shape index (κ2) is 8.78. The number of carbonyl (C=O) groups excluding carboxylic acids is 1. The highest BCUT2D eigenvalue weighted by molar-refractivity contribution is 5.93. The molecule has 0 spiro atoms. The molecule has 9 heteroatoms. The Kier molecular flexibility index (Phi) is 5.76. The molecule has 1 saturated heterocycles. The summed E-state index contributed by atoms with van der Waals surface area (Å²) in [7, 11) is 0. The molecule has 5 N–H and O–H groups in total. The fraction of sp³-hybridized carbons (Fsp3) is 0.350. The number of H-pyrrole nitrogens is 1. The van der Waals surface area contributed by atoms with E-state index >= 15 is 0 Å². The molecule has 2 aromatic heterocycles. The smallest absolute Gasteiger partial charge is 0.319 e. The number of rotatable bonds is 6. The first-order chi connectivity index (χ1) is 14.2. The predicted molar refractivity (Wildman–Crippen MR) is 113 cm³/mol. The summed E-state index contributed by atoms with van der Waals surface area (Å²) in [5.74, 6) is 2.07. The zero-order chi connectivity index (χ0) is 20.1. The summed E-state index contributed by atoms with van der Waals surface area (Å²) in [5, 5.41) is 20.5. The first-order valence-corrected chi connectivity index (χ1v) is 9.86. The van der Waals surface area contributed by atoms with E-state index in [0.717, 1.165) is 37.1 Å². The van der Waals surface area contributed by atoms with Crippen molar-refractivity contribution >= 4 is 28.6 Å². The molecule has 152 valence electrons. The van der Waals surface area contributed by atoms with E-state index in [9.17, 15) is 4.79 Å². The molecule has 1 aliphatic heterocycles. The topological polar surface area (TPSA) is 116 Å². The zero-order valence-electron chi connectivity index (χ0n) is 16.3. The van der Waals surface area contributed by atoms with E-state index in [4.69, 9.17) is 4.74 Å². The molecule has 1 aliphatic rings. The van der Waals surface area contributed by atoms with Crippen LogP contribution >= 0.6 is 0 Å². The Bertz CT molecular complexity index is 965. The van der Waals surface area contributed by atoms with Crippen molar-refractivity contribution < 1.29 is 9.53 Å². The van der Waals surface area contributed by atoms with Gasteiger partial charge in [-0.1, -0.05) is 0 Å². The molecule has 1 aromatic carbocycles. The van der Waals surface area contributed by atoms with Gasteiger partial charge in [0, 0.05) is 37.1 Å². The van der Waals surface area contributed by atoms with Gasteiger partial charge in [0.2, 0.25) is 0 Å². The summed E-state index contributed by atoms with van der Waals surface area (Å²) in [5.41, 5.74) is 1.36. The number of aromatic amines is 1. The molecule has 0 saturated carbocycles. The van der Waals surface area contributed by atoms with Gasteiger partial charge < -0.3 is 26.0 Å². The van der Waals surface area contributed by atoms with E-state index in [2.05, 4.69) is 36.4 Å². The number of hydrogen-bond acceptors (Lipinski definition) is 6. The van der Waals surface area contributed by atoms with Crippen LogP contribution in [0.5, 0.6) is 11.5 Å². The highest BCUT2D eigenvalue weighted by Gasteiger charge is 2.18. The largest absolute Gasteiger partial charge is 0.456 e. The van der Waals surface area contributed by atoms with Gasteiger partial charge in [-0.2, -0.15) is 5.10 Å². The third kappa shape index (κ3) is 4.57. The number of nitrogens with zero attached hydrogens (tertiary/aromatic N) is 2. The number of anilines is 2. The van der Waals surface area contributed by atoms with Crippen LogP contribution in [-0.4, -0.2) is 46.9 Å². The zero-order valence-corrected chi connectivity index (χ0v) is 16.3. The average Bonchev–Trinajstić information content (AvgIpc) is 3.14. The van der Waals surface area contributed by atoms with Crippen LogP contribution in [0.3, 0.4) is 0 Å². The standard InChI is InChI=1S/C20H25N7O2/c1-2-22-20(28)25-13-5-7-15(8-6-13)29-16-9-11-23-18-17(16)19(27-26-18)24-14-4-3-10-21-12-14/h5-9,11,14,21H,2-4,10,12H2,1H3,(H2,22,25,28)(H2,23,24,26,27). The highest BCUT2D eigenvalue weighted by Crippen LogP contribution is 2.33. The Morgan fingerprint density at radius 3 is 2.90 bits per heavy atom. The number of amides is 2. The van der Waals surface area contributed by atoms with Crippen LogP contribution in [0, 0.1) is 0 Å². The maximum atomic E-state index is 11.6. The van der Waals surface area contributed by atoms with Crippen LogP contribution in [0.25, 0.3) is 11.0 Å². The van der Waals surface area contributed by atoms with Crippen molar-refractivity contribution in [3.63, 3.8) is 0 Å². The Hall–Kier alpha value is -3.33. The van der Waals surface area contributed by atoms with E-state index in [1.54, 1.807) is 18.3 Å². The van der Waals surface area contributed by atoms with Crippen molar-refractivity contribution in [3.05, 3.63) is 36.5 Å². The Morgan fingerprint density at radius 1 is 1.28 bits per heavy atom. The number of piperidine rings is 1. The number of hydrogen-bond donors (Lipinski definition) is 5. The van der Waals surface area contributed by atoms with Crippen LogP contribution < -0.4 is 26.0 Å². The Labute approximate surface area is 168 Å². The molecule has 1 atom stereocenters. The van der Waals surface area contributed by atoms with Crippen molar-refractivity contribution in [1.82, 2.24) is 25.8 Å². The number of nitrogens with one attached hydrogen (secondary N) is 5. The number of benzene rings is 1. The molecule has 1 unspecified atom stereocenters. The second-order valence-corrected chi connectivity index (χ2v) is 6.90. The van der Waals surface area contributed by atoms with Crippen LogP contribution in [0.4, 0.5) is 16.3 Å². The minimum absolute atomic E-state index is 0.233. The van der Waals surface area contributed by atoms with E-state index in [1.807, 2.05) is 25.1 Å². The van der Waals surface area contributed by atoms with Crippen molar-refractivity contribution in [2.75, 3.05) is 30.3 Å². The number of pyridine rings is 1. The molecule has 0 aliphatic carbocycles. The molecule has 3 heterocycles. The molecule has 29 heavy (non-hydrogen) atoms. The maximum absolute atomic E-state index is 11.6. The first kappa shape index (κ1) is 19.0. The van der Waals surface area contributed by atoms with Crippen molar-refractivity contribution in [2.24, 2.45) is 0 Å². The van der Waals surface area contributed by atoms with Gasteiger partial charge in [-0.25, -0.2) is 9.78 Å². The summed E-state index contributed by atoms with van der Waals surface area (Å²) in [4.78, 5) is 16.0. The van der Waals surface area contributed by atoms with Crippen molar-refractivity contribution in [2.45, 2.75) is 25.8 Å². The molecular formula is C20H25N7O2. The van der Waals surface area contributed by atoms with Crippen molar-refractivity contribution in [3.8, 4) is 11.5 Å². The summed E-state index contributed by atoms with van der Waals surface area (Å²) in [6.07, 6.45) is 3.92. The minimum atomic E-state index is -0.233. The van der Waals surface area contributed by atoms with Gasteiger partial charge in [-0.3, -0.25) is 5.10 Å². The molecule has 2 amide bonds. The van der Waals surface area contributed by atoms with Gasteiger partial charge in [0.15, 0.2) is 11.5 Å². The molecule has 3 aromatic rings. The van der Waals surface area contributed by atoms with Gasteiger partial charge in [0.25, 0.3) is 0 Å². The fourth-order valence-corrected chi connectivity index (χ4v) is 3.35. The lowest BCUT2D eigenvalue weighted by Gasteiger charge is -2.23. The number of urea groups is 1. The van der Waals surface area contributed by atoms with Crippen LogP contribution in [0.1, 0.15) is 19.8 Å². The van der Waals surface area contributed by atoms with Crippen LogP contribution in [-0.2, 0) is 0 Å². The van der Waals surface area contributed by atoms with E-state index in [1.165, 1.54) is 0 Å². The Morgan fingerprint density at radius 2 is 2.14 bits per heavy atom. The number of fused-ring (bicyclic) bond motifs is 1. The van der Waals surface area contributed by atoms with Gasteiger partial charge in [0.05, 0.1) is 0 Å². The second-order valence-electron chi connectivity index (χ2n) is 6.90. The summed E-state index contributed by atoms with van der Waals surface area (Å²) < 4.78 is 6.10. The third-order valence-electron chi connectivity index (χ3n) is 4.74. The normalized spacial score (nSPS) is 16.4. The predicted octanol–water partition coefficient (Wildman–Crippen LogP) is 3.06. The van der Waals surface area contributed by atoms with Crippen LogP contribution in [0.15, 0.2) is 36.5 Å². The number of aromatic nitrogens is 3. The summed E-state index contributed by atoms with van der Waals surface area (Å²) in [6, 6.07) is 9.13. The molecule has 1 fully saturated rings. The number of carbonyl (C=O) groups is 1. The third-order valence-corrected chi connectivity index (χ3v) is 4.74. The summed E-state index contributed by atoms with van der Waals surface area (Å²) in [6.45, 7) is 4.41. The average molecular weight is 395 g/mol.